The molecular weight excluding hydrogens is 195 g/mol. The van der Waals surface area contributed by atoms with Gasteiger partial charge in [-0.1, -0.05) is 0 Å². The Bertz CT molecular complexity index is 281. The van der Waals surface area contributed by atoms with Crippen LogP contribution in [0.15, 0.2) is 24.3 Å². The molecule has 14 heavy (non-hydrogen) atoms. The van der Waals surface area contributed by atoms with Crippen LogP contribution in [-0.2, 0) is 0 Å². The molecule has 1 N–H and O–H groups in total. The van der Waals surface area contributed by atoms with E-state index in [2.05, 4.69) is 17.0 Å². The fourth-order valence-corrected chi connectivity index (χ4v) is 0.919. The summed E-state index contributed by atoms with van der Waals surface area (Å²) in [6, 6.07) is 5.47. The highest BCUT2D eigenvalue weighted by atomic mass is 19.4. The minimum atomic E-state index is -4.64. The number of ether oxygens (including phenoxy) is 1. The monoisotopic (exact) mass is 204 g/mol. The molecule has 0 aliphatic rings. The minimum Gasteiger partial charge on any atom is -0.406 e. The highest BCUT2D eigenvalue weighted by Gasteiger charge is 2.30. The molecule has 0 saturated heterocycles. The first kappa shape index (κ1) is 10.7. The van der Waals surface area contributed by atoms with Crippen LogP contribution in [0.25, 0.3) is 0 Å². The van der Waals surface area contributed by atoms with E-state index in [-0.39, 0.29) is 5.75 Å². The summed E-state index contributed by atoms with van der Waals surface area (Å²) in [6.07, 6.45) is -4.64. The lowest BCUT2D eigenvalue weighted by molar-refractivity contribution is -0.274. The van der Waals surface area contributed by atoms with Gasteiger partial charge >= 0.3 is 6.36 Å². The Labute approximate surface area is 79.7 Å². The van der Waals surface area contributed by atoms with E-state index in [1.165, 1.54) is 24.3 Å². The topological polar surface area (TPSA) is 21.3 Å². The van der Waals surface area contributed by atoms with Gasteiger partial charge in [-0.25, -0.2) is 0 Å². The van der Waals surface area contributed by atoms with Crippen molar-refractivity contribution in [1.82, 2.24) is 0 Å². The molecule has 1 radical (unpaired) electrons. The predicted molar refractivity (Wildman–Crippen MR) is 47.0 cm³/mol. The van der Waals surface area contributed by atoms with Gasteiger partial charge in [-0.15, -0.1) is 13.2 Å². The largest absolute Gasteiger partial charge is 0.573 e. The molecule has 0 atom stereocenters. The van der Waals surface area contributed by atoms with Crippen molar-refractivity contribution in [2.45, 2.75) is 6.36 Å². The predicted octanol–water partition coefficient (Wildman–Crippen LogP) is 2.83. The van der Waals surface area contributed by atoms with Crippen LogP contribution in [0.1, 0.15) is 0 Å². The Balaban J connectivity index is 2.64. The summed E-state index contributed by atoms with van der Waals surface area (Å²) in [5, 5.41) is 2.85. The third-order valence-corrected chi connectivity index (χ3v) is 1.42. The van der Waals surface area contributed by atoms with E-state index in [0.29, 0.717) is 12.2 Å². The number of hydrogen-bond donors (Lipinski definition) is 1. The lowest BCUT2D eigenvalue weighted by atomic mass is 10.3. The Morgan fingerprint density at radius 2 is 1.79 bits per heavy atom. The smallest absolute Gasteiger partial charge is 0.406 e. The van der Waals surface area contributed by atoms with Crippen LogP contribution in [0, 0.1) is 6.92 Å². The molecule has 0 amide bonds. The molecule has 1 aromatic rings. The molecule has 0 heterocycles. The summed E-state index contributed by atoms with van der Waals surface area (Å²) in [7, 11) is 0. The number of alkyl halides is 3. The zero-order chi connectivity index (χ0) is 10.6. The molecular formula is C9H9F3NO. The molecule has 1 aromatic carbocycles. The number of benzene rings is 1. The average molecular weight is 204 g/mol. The Morgan fingerprint density at radius 1 is 1.21 bits per heavy atom. The summed E-state index contributed by atoms with van der Waals surface area (Å²) >= 11 is 0. The molecule has 0 aliphatic carbocycles. The molecule has 0 saturated carbocycles. The molecule has 0 aliphatic heterocycles. The Morgan fingerprint density at radius 3 is 2.21 bits per heavy atom. The highest BCUT2D eigenvalue weighted by molar-refractivity contribution is 5.46. The summed E-state index contributed by atoms with van der Waals surface area (Å²) in [5.74, 6) is -0.230. The molecule has 5 heteroatoms. The third kappa shape index (κ3) is 3.55. The molecule has 0 bridgehead atoms. The van der Waals surface area contributed by atoms with Crippen LogP contribution >= 0.6 is 0 Å². The fraction of sp³-hybridized carbons (Fsp3) is 0.222. The summed E-state index contributed by atoms with van der Waals surface area (Å²) in [5.41, 5.74) is 0.703. The zero-order valence-electron chi connectivity index (χ0n) is 7.27. The first-order chi connectivity index (χ1) is 6.51. The fourth-order valence-electron chi connectivity index (χ4n) is 0.919. The van der Waals surface area contributed by atoms with Gasteiger partial charge in [-0.3, -0.25) is 0 Å². The van der Waals surface area contributed by atoms with Crippen molar-refractivity contribution in [3.8, 4) is 5.75 Å². The zero-order valence-corrected chi connectivity index (χ0v) is 7.27. The van der Waals surface area contributed by atoms with Gasteiger partial charge < -0.3 is 10.1 Å². The van der Waals surface area contributed by atoms with E-state index >= 15 is 0 Å². The number of anilines is 1. The lowest BCUT2D eigenvalue weighted by Gasteiger charge is -2.09. The Kier molecular flexibility index (Phi) is 3.22. The second kappa shape index (κ2) is 4.21. The second-order valence-corrected chi connectivity index (χ2v) is 2.50. The molecule has 0 spiro atoms. The second-order valence-electron chi connectivity index (χ2n) is 2.50. The summed E-state index contributed by atoms with van der Waals surface area (Å²) < 4.78 is 38.9. The number of rotatable bonds is 3. The van der Waals surface area contributed by atoms with Crippen LogP contribution in [-0.4, -0.2) is 12.9 Å². The first-order valence-corrected chi connectivity index (χ1v) is 3.90. The van der Waals surface area contributed by atoms with E-state index in [4.69, 9.17) is 0 Å². The van der Waals surface area contributed by atoms with Crippen molar-refractivity contribution >= 4 is 5.69 Å². The highest BCUT2D eigenvalue weighted by Crippen LogP contribution is 2.23. The van der Waals surface area contributed by atoms with Crippen molar-refractivity contribution in [3.63, 3.8) is 0 Å². The minimum absolute atomic E-state index is 0.230. The van der Waals surface area contributed by atoms with Gasteiger partial charge in [-0.2, -0.15) is 0 Å². The van der Waals surface area contributed by atoms with Gasteiger partial charge in [0, 0.05) is 12.2 Å². The van der Waals surface area contributed by atoms with Crippen LogP contribution in [0.2, 0.25) is 0 Å². The molecule has 1 rings (SSSR count). The van der Waals surface area contributed by atoms with Crippen LogP contribution in [0.3, 0.4) is 0 Å². The van der Waals surface area contributed by atoms with Gasteiger partial charge in [0.25, 0.3) is 0 Å². The Hall–Kier alpha value is -1.39. The van der Waals surface area contributed by atoms with Crippen molar-refractivity contribution in [2.75, 3.05) is 11.9 Å². The van der Waals surface area contributed by atoms with Gasteiger partial charge in [0.05, 0.1) is 0 Å². The van der Waals surface area contributed by atoms with Gasteiger partial charge in [0.15, 0.2) is 0 Å². The van der Waals surface area contributed by atoms with Crippen molar-refractivity contribution < 1.29 is 17.9 Å². The molecule has 77 valence electrons. The van der Waals surface area contributed by atoms with Gasteiger partial charge in [-0.05, 0) is 31.2 Å². The maximum atomic E-state index is 11.7. The number of hydrogen-bond acceptors (Lipinski definition) is 2. The van der Waals surface area contributed by atoms with E-state index in [1.807, 2.05) is 0 Å². The van der Waals surface area contributed by atoms with Crippen molar-refractivity contribution in [3.05, 3.63) is 31.2 Å². The normalized spacial score (nSPS) is 11.1. The standard InChI is InChI=1S/C9H9F3NO/c1-2-13-7-3-5-8(6-4-7)14-9(10,11)12/h3-6,13H,1-2H2. The van der Waals surface area contributed by atoms with Crippen molar-refractivity contribution in [2.24, 2.45) is 0 Å². The summed E-state index contributed by atoms with van der Waals surface area (Å²) in [4.78, 5) is 0. The van der Waals surface area contributed by atoms with Crippen molar-refractivity contribution in [1.29, 1.82) is 0 Å². The van der Waals surface area contributed by atoms with Gasteiger partial charge in [0.1, 0.15) is 5.75 Å². The van der Waals surface area contributed by atoms with Crippen LogP contribution < -0.4 is 10.1 Å². The van der Waals surface area contributed by atoms with Gasteiger partial charge in [0.2, 0.25) is 0 Å². The number of nitrogens with one attached hydrogen (secondary N) is 1. The van der Waals surface area contributed by atoms with Crippen LogP contribution in [0.5, 0.6) is 5.75 Å². The maximum Gasteiger partial charge on any atom is 0.573 e. The van der Waals surface area contributed by atoms with Crippen LogP contribution in [0.4, 0.5) is 18.9 Å². The average Bonchev–Trinajstić information content (AvgIpc) is 2.06. The molecule has 2 nitrogen and oxygen atoms in total. The molecule has 0 unspecified atom stereocenters. The lowest BCUT2D eigenvalue weighted by Crippen LogP contribution is -2.17. The van der Waals surface area contributed by atoms with E-state index in [0.717, 1.165) is 0 Å². The third-order valence-electron chi connectivity index (χ3n) is 1.42. The molecule has 0 fully saturated rings. The first-order valence-electron chi connectivity index (χ1n) is 3.90. The van der Waals surface area contributed by atoms with E-state index in [1.54, 1.807) is 0 Å². The van der Waals surface area contributed by atoms with E-state index in [9.17, 15) is 13.2 Å². The maximum absolute atomic E-state index is 11.7. The number of halogens is 3. The molecule has 0 aromatic heterocycles. The van der Waals surface area contributed by atoms with E-state index < -0.39 is 6.36 Å². The quantitative estimate of drug-likeness (QED) is 0.817. The summed E-state index contributed by atoms with van der Waals surface area (Å²) in [6.45, 7) is 4.01. The SMILES string of the molecule is [CH2]CNc1ccc(OC(F)(F)F)cc1.